The van der Waals surface area contributed by atoms with E-state index in [-0.39, 0.29) is 24.1 Å². The molecule has 0 unspecified atom stereocenters. The van der Waals surface area contributed by atoms with Gasteiger partial charge in [0.1, 0.15) is 11.4 Å². The van der Waals surface area contributed by atoms with E-state index in [1.165, 1.54) is 25.7 Å². The zero-order valence-electron chi connectivity index (χ0n) is 30.0. The molecule has 2 amide bonds. The molecule has 4 aromatic rings. The second-order valence-corrected chi connectivity index (χ2v) is 15.1. The van der Waals surface area contributed by atoms with Crippen LogP contribution in [0, 0.1) is 0 Å². The number of aryl methyl sites for hydroxylation is 1. The third kappa shape index (κ3) is 8.55. The van der Waals surface area contributed by atoms with Gasteiger partial charge < -0.3 is 14.6 Å². The molecule has 1 N–H and O–H groups in total. The van der Waals surface area contributed by atoms with E-state index in [1.54, 1.807) is 0 Å². The SMILES string of the molecule is CCCCc1nc2ccc(N(C(=O)NC3CCCCC3)C3CCCCC3)cc2n1Cc1ccc(-c2ccccc2C(=O)OC(C)(C)C)cc1. The van der Waals surface area contributed by atoms with Crippen molar-refractivity contribution in [2.75, 3.05) is 4.90 Å². The first-order valence-electron chi connectivity index (χ1n) is 18.7. The molecule has 7 nitrogen and oxygen atoms in total. The number of urea groups is 1. The number of fused-ring (bicyclic) bond motifs is 1. The van der Waals surface area contributed by atoms with Crippen molar-refractivity contribution in [2.45, 2.75) is 135 Å². The van der Waals surface area contributed by atoms with Gasteiger partial charge >= 0.3 is 12.0 Å². The Morgan fingerprint density at radius 1 is 0.898 bits per heavy atom. The highest BCUT2D eigenvalue weighted by molar-refractivity contribution is 5.97. The molecule has 0 spiro atoms. The fraction of sp³-hybridized carbons (Fsp3) is 0.500. The lowest BCUT2D eigenvalue weighted by Crippen LogP contribution is -2.50. The summed E-state index contributed by atoms with van der Waals surface area (Å²) >= 11 is 0. The number of rotatable bonds is 10. The summed E-state index contributed by atoms with van der Waals surface area (Å²) < 4.78 is 8.05. The Hall–Kier alpha value is -4.13. The Labute approximate surface area is 292 Å². The fourth-order valence-electron chi connectivity index (χ4n) is 7.56. The second kappa shape index (κ2) is 15.6. The van der Waals surface area contributed by atoms with Crippen molar-refractivity contribution in [3.63, 3.8) is 0 Å². The Morgan fingerprint density at radius 3 is 2.29 bits per heavy atom. The number of amides is 2. The van der Waals surface area contributed by atoms with Gasteiger partial charge in [-0.05, 0) is 93.8 Å². The maximum absolute atomic E-state index is 14.0. The van der Waals surface area contributed by atoms with Crippen molar-refractivity contribution >= 4 is 28.7 Å². The lowest BCUT2D eigenvalue weighted by molar-refractivity contribution is 0.00703. The number of benzene rings is 3. The minimum atomic E-state index is -0.566. The number of unbranched alkanes of at least 4 members (excludes halogenated alkanes) is 1. The third-order valence-electron chi connectivity index (χ3n) is 10.1. The Kier molecular flexibility index (Phi) is 11.1. The van der Waals surface area contributed by atoms with Crippen LogP contribution < -0.4 is 10.2 Å². The summed E-state index contributed by atoms with van der Waals surface area (Å²) in [5, 5.41) is 3.43. The first-order valence-corrected chi connectivity index (χ1v) is 18.7. The summed E-state index contributed by atoms with van der Waals surface area (Å²) in [5.41, 5.74) is 5.98. The summed E-state index contributed by atoms with van der Waals surface area (Å²) in [6.45, 7) is 8.55. The number of nitrogens with one attached hydrogen (secondary N) is 1. The maximum Gasteiger partial charge on any atom is 0.339 e. The molecule has 0 aliphatic heterocycles. The standard InChI is InChI=1S/C42H54N4O3/c1-5-6-21-39-44-37-27-26-34(46(33-17-11-8-12-18-33)41(48)43-32-15-9-7-10-16-32)28-38(37)45(39)29-30-22-24-31(25-23-30)35-19-13-14-20-36(35)40(47)49-42(2,3)4/h13-14,19-20,22-28,32-33H,5-12,15-18,21,29H2,1-4H3,(H,43,48). The third-order valence-corrected chi connectivity index (χ3v) is 10.1. The van der Waals surface area contributed by atoms with E-state index in [0.29, 0.717) is 12.1 Å². The summed E-state index contributed by atoms with van der Waals surface area (Å²) in [4.78, 5) is 34.2. The van der Waals surface area contributed by atoms with Crippen LogP contribution in [0.2, 0.25) is 0 Å². The van der Waals surface area contributed by atoms with Crippen molar-refractivity contribution in [1.29, 1.82) is 0 Å². The van der Waals surface area contributed by atoms with Crippen LogP contribution in [0.15, 0.2) is 66.7 Å². The Balaban J connectivity index is 1.31. The van der Waals surface area contributed by atoms with E-state index in [0.717, 1.165) is 97.0 Å². The van der Waals surface area contributed by atoms with Gasteiger partial charge in [0, 0.05) is 30.7 Å². The van der Waals surface area contributed by atoms with E-state index in [2.05, 4.69) is 64.2 Å². The number of carbonyl (C=O) groups is 2. The molecule has 2 saturated carbocycles. The normalized spacial score (nSPS) is 16.1. The molecular formula is C42H54N4O3. The predicted molar refractivity (Wildman–Crippen MR) is 199 cm³/mol. The Bertz CT molecular complexity index is 1720. The van der Waals surface area contributed by atoms with Gasteiger partial charge in [-0.15, -0.1) is 0 Å². The lowest BCUT2D eigenvalue weighted by Gasteiger charge is -2.36. The van der Waals surface area contributed by atoms with E-state index < -0.39 is 5.60 Å². The first-order chi connectivity index (χ1) is 23.7. The van der Waals surface area contributed by atoms with Crippen molar-refractivity contribution in [3.8, 4) is 11.1 Å². The van der Waals surface area contributed by atoms with Gasteiger partial charge in [-0.3, -0.25) is 4.90 Å². The van der Waals surface area contributed by atoms with Gasteiger partial charge in [0.2, 0.25) is 0 Å². The number of aromatic nitrogens is 2. The molecule has 1 heterocycles. The zero-order valence-corrected chi connectivity index (χ0v) is 30.0. The number of hydrogen-bond acceptors (Lipinski definition) is 4. The van der Waals surface area contributed by atoms with Crippen molar-refractivity contribution in [1.82, 2.24) is 14.9 Å². The fourth-order valence-corrected chi connectivity index (χ4v) is 7.56. The van der Waals surface area contributed by atoms with Crippen LogP contribution in [0.5, 0.6) is 0 Å². The molecule has 7 heteroatoms. The van der Waals surface area contributed by atoms with Gasteiger partial charge in [-0.2, -0.15) is 0 Å². The smallest absolute Gasteiger partial charge is 0.339 e. The molecule has 49 heavy (non-hydrogen) atoms. The largest absolute Gasteiger partial charge is 0.456 e. The molecule has 260 valence electrons. The van der Waals surface area contributed by atoms with Gasteiger partial charge in [0.25, 0.3) is 0 Å². The molecule has 0 radical (unpaired) electrons. The van der Waals surface area contributed by atoms with Gasteiger partial charge in [0.15, 0.2) is 0 Å². The van der Waals surface area contributed by atoms with Crippen LogP contribution in [0.25, 0.3) is 22.2 Å². The minimum absolute atomic E-state index is 0.0534. The molecular weight excluding hydrogens is 608 g/mol. The van der Waals surface area contributed by atoms with Crippen molar-refractivity contribution in [3.05, 3.63) is 83.7 Å². The van der Waals surface area contributed by atoms with E-state index in [4.69, 9.17) is 9.72 Å². The number of hydrogen-bond donors (Lipinski definition) is 1. The van der Waals surface area contributed by atoms with Gasteiger partial charge in [-0.1, -0.05) is 94.3 Å². The summed E-state index contributed by atoms with van der Waals surface area (Å²) in [6.07, 6.45) is 14.5. The van der Waals surface area contributed by atoms with Gasteiger partial charge in [0.05, 0.1) is 16.6 Å². The molecule has 1 aromatic heterocycles. The number of ether oxygens (including phenoxy) is 1. The van der Waals surface area contributed by atoms with Crippen molar-refractivity contribution < 1.29 is 14.3 Å². The van der Waals surface area contributed by atoms with E-state index in [1.807, 2.05) is 45.0 Å². The minimum Gasteiger partial charge on any atom is -0.456 e. The average molecular weight is 663 g/mol. The molecule has 0 atom stereocenters. The lowest BCUT2D eigenvalue weighted by atomic mass is 9.93. The van der Waals surface area contributed by atoms with E-state index in [9.17, 15) is 9.59 Å². The van der Waals surface area contributed by atoms with Crippen LogP contribution in [0.3, 0.4) is 0 Å². The highest BCUT2D eigenvalue weighted by atomic mass is 16.6. The van der Waals surface area contributed by atoms with Crippen LogP contribution in [0.4, 0.5) is 10.5 Å². The quantitative estimate of drug-likeness (QED) is 0.172. The molecule has 3 aromatic carbocycles. The summed E-state index contributed by atoms with van der Waals surface area (Å²) in [5.74, 6) is 0.757. The number of carbonyl (C=O) groups excluding carboxylic acids is 2. The summed E-state index contributed by atoms with van der Waals surface area (Å²) in [6, 6.07) is 23.1. The monoisotopic (exact) mass is 662 g/mol. The van der Waals surface area contributed by atoms with E-state index >= 15 is 0 Å². The molecule has 0 saturated heterocycles. The van der Waals surface area contributed by atoms with Crippen LogP contribution in [-0.2, 0) is 17.7 Å². The topological polar surface area (TPSA) is 76.5 Å². The second-order valence-electron chi connectivity index (χ2n) is 15.1. The molecule has 2 fully saturated rings. The zero-order chi connectivity index (χ0) is 34.4. The molecule has 2 aliphatic rings. The molecule has 2 aliphatic carbocycles. The summed E-state index contributed by atoms with van der Waals surface area (Å²) in [7, 11) is 0. The van der Waals surface area contributed by atoms with Crippen LogP contribution >= 0.6 is 0 Å². The van der Waals surface area contributed by atoms with Crippen LogP contribution in [-0.4, -0.2) is 39.2 Å². The van der Waals surface area contributed by atoms with Gasteiger partial charge in [-0.25, -0.2) is 14.6 Å². The number of anilines is 1. The Morgan fingerprint density at radius 2 is 1.59 bits per heavy atom. The highest BCUT2D eigenvalue weighted by Crippen LogP contribution is 2.32. The molecule has 6 rings (SSSR count). The number of imidazole rings is 1. The number of esters is 1. The van der Waals surface area contributed by atoms with Crippen LogP contribution in [0.1, 0.15) is 126 Å². The average Bonchev–Trinajstić information content (AvgIpc) is 3.44. The highest BCUT2D eigenvalue weighted by Gasteiger charge is 2.29. The van der Waals surface area contributed by atoms with Crippen molar-refractivity contribution in [2.24, 2.45) is 0 Å². The predicted octanol–water partition coefficient (Wildman–Crippen LogP) is 10.2. The maximum atomic E-state index is 14.0. The first kappa shape index (κ1) is 34.7. The molecule has 0 bridgehead atoms. The number of nitrogens with zero attached hydrogens (tertiary/aromatic N) is 3.